The quantitative estimate of drug-likeness (QED) is 0.333. The third kappa shape index (κ3) is 8.62. The van der Waals surface area contributed by atoms with Crippen LogP contribution < -0.4 is 15.4 Å². The molecule has 2 N–H and O–H groups in total. The van der Waals surface area contributed by atoms with E-state index in [2.05, 4.69) is 36.8 Å². The van der Waals surface area contributed by atoms with Crippen molar-refractivity contribution in [2.24, 2.45) is 4.36 Å². The molecule has 1 amide bonds. The fourth-order valence-corrected chi connectivity index (χ4v) is 5.49. The molecule has 2 heterocycles. The van der Waals surface area contributed by atoms with E-state index in [9.17, 15) is 9.00 Å². The van der Waals surface area contributed by atoms with E-state index in [0.717, 1.165) is 56.1 Å². The molecule has 0 bridgehead atoms. The standard InChI is InChI=1S/C29H39N7O4S/c1-5-39-24-12-10-22(11-13-24)26-21-31-28(33-27(26)30-14-15-36-18-16-35(3)17-19-36)32-23-8-7-9-25(20-23)41(4,38)34-29(37)40-6-2/h7-13,20-21H,5-6,14-19H2,1-4H3,(H2,30,31,32,33). The summed E-state index contributed by atoms with van der Waals surface area (Å²) in [5, 5.41) is 6.72. The van der Waals surface area contributed by atoms with Crippen LogP contribution in [0.15, 0.2) is 64.0 Å². The first kappa shape index (κ1) is 30.2. The average molecular weight is 582 g/mol. The van der Waals surface area contributed by atoms with Crippen molar-refractivity contribution >= 4 is 33.3 Å². The minimum Gasteiger partial charge on any atom is -0.494 e. The monoisotopic (exact) mass is 581 g/mol. The average Bonchev–Trinajstić information content (AvgIpc) is 2.95. The lowest BCUT2D eigenvalue weighted by Crippen LogP contribution is -2.45. The molecular weight excluding hydrogens is 542 g/mol. The van der Waals surface area contributed by atoms with Crippen molar-refractivity contribution in [3.8, 4) is 16.9 Å². The second-order valence-electron chi connectivity index (χ2n) is 9.73. The summed E-state index contributed by atoms with van der Waals surface area (Å²) in [6, 6.07) is 14.8. The first-order valence-electron chi connectivity index (χ1n) is 13.8. The maximum absolute atomic E-state index is 13.1. The SMILES string of the molecule is CCOC(=O)N=S(C)(=O)c1cccc(Nc2ncc(-c3ccc(OCC)cc3)c(NCCN3CCN(C)CC3)n2)c1. The van der Waals surface area contributed by atoms with Gasteiger partial charge in [-0.2, -0.15) is 4.98 Å². The van der Waals surface area contributed by atoms with Crippen molar-refractivity contribution in [3.05, 3.63) is 54.7 Å². The Morgan fingerprint density at radius 2 is 1.83 bits per heavy atom. The van der Waals surface area contributed by atoms with Gasteiger partial charge in [0.2, 0.25) is 5.95 Å². The summed E-state index contributed by atoms with van der Waals surface area (Å²) in [4.78, 5) is 26.4. The number of hydrogen-bond acceptors (Lipinski definition) is 10. The van der Waals surface area contributed by atoms with Gasteiger partial charge in [0.1, 0.15) is 11.6 Å². The van der Waals surface area contributed by atoms with E-state index in [0.29, 0.717) is 29.0 Å². The number of carbonyl (C=O) groups is 1. The van der Waals surface area contributed by atoms with Crippen LogP contribution in [0, 0.1) is 0 Å². The Kier molecular flexibility index (Phi) is 10.5. The highest BCUT2D eigenvalue weighted by molar-refractivity contribution is 7.93. The number of nitrogens with one attached hydrogen (secondary N) is 2. The van der Waals surface area contributed by atoms with Crippen LogP contribution in [-0.4, -0.2) is 95.9 Å². The largest absolute Gasteiger partial charge is 0.494 e. The lowest BCUT2D eigenvalue weighted by atomic mass is 10.1. The number of aromatic nitrogens is 2. The first-order valence-corrected chi connectivity index (χ1v) is 15.7. The number of benzene rings is 2. The number of ether oxygens (including phenoxy) is 2. The molecule has 1 saturated heterocycles. The topological polar surface area (TPSA) is 121 Å². The maximum Gasteiger partial charge on any atom is 0.442 e. The summed E-state index contributed by atoms with van der Waals surface area (Å²) in [5.41, 5.74) is 2.46. The summed E-state index contributed by atoms with van der Waals surface area (Å²) in [7, 11) is -0.841. The van der Waals surface area contributed by atoms with Crippen molar-refractivity contribution in [1.29, 1.82) is 0 Å². The molecule has 1 aliphatic rings. The summed E-state index contributed by atoms with van der Waals surface area (Å²) in [6.07, 6.45) is 2.35. The number of amides is 1. The number of anilines is 3. The zero-order valence-corrected chi connectivity index (χ0v) is 24.9. The van der Waals surface area contributed by atoms with Gasteiger partial charge >= 0.3 is 6.09 Å². The van der Waals surface area contributed by atoms with Crippen LogP contribution in [0.3, 0.4) is 0 Å². The highest BCUT2D eigenvalue weighted by Crippen LogP contribution is 2.29. The Morgan fingerprint density at radius 3 is 2.54 bits per heavy atom. The predicted molar refractivity (Wildman–Crippen MR) is 163 cm³/mol. The third-order valence-electron chi connectivity index (χ3n) is 6.63. The number of rotatable bonds is 11. The molecule has 0 aliphatic carbocycles. The lowest BCUT2D eigenvalue weighted by molar-refractivity contribution is 0.158. The molecule has 1 unspecified atom stereocenters. The van der Waals surface area contributed by atoms with E-state index in [1.54, 1.807) is 31.3 Å². The second kappa shape index (κ2) is 14.2. The fraction of sp³-hybridized carbons (Fsp3) is 0.414. The molecule has 220 valence electrons. The lowest BCUT2D eigenvalue weighted by Gasteiger charge is -2.32. The van der Waals surface area contributed by atoms with Crippen LogP contribution in [0.25, 0.3) is 11.1 Å². The summed E-state index contributed by atoms with van der Waals surface area (Å²) < 4.78 is 27.3. The van der Waals surface area contributed by atoms with Gasteiger partial charge in [-0.15, -0.1) is 4.36 Å². The number of nitrogens with zero attached hydrogens (tertiary/aromatic N) is 5. The summed E-state index contributed by atoms with van der Waals surface area (Å²) >= 11 is 0. The van der Waals surface area contributed by atoms with Crippen LogP contribution in [-0.2, 0) is 14.5 Å². The smallest absolute Gasteiger partial charge is 0.442 e. The van der Waals surface area contributed by atoms with Gasteiger partial charge < -0.3 is 25.0 Å². The molecule has 1 aromatic heterocycles. The van der Waals surface area contributed by atoms with Gasteiger partial charge in [0.25, 0.3) is 0 Å². The van der Waals surface area contributed by atoms with E-state index in [-0.39, 0.29) is 6.61 Å². The molecule has 4 rings (SSSR count). The van der Waals surface area contributed by atoms with Crippen molar-refractivity contribution in [2.75, 3.05) is 76.4 Å². The minimum atomic E-state index is -2.99. The molecule has 41 heavy (non-hydrogen) atoms. The van der Waals surface area contributed by atoms with Crippen LogP contribution >= 0.6 is 0 Å². The number of carbonyl (C=O) groups excluding carboxylic acids is 1. The van der Waals surface area contributed by atoms with Gasteiger partial charge in [-0.05, 0) is 56.8 Å². The minimum absolute atomic E-state index is 0.162. The zero-order chi connectivity index (χ0) is 29.2. The molecule has 12 heteroatoms. The number of likely N-dealkylation sites (N-methyl/N-ethyl adjacent to an activating group) is 1. The molecule has 0 saturated carbocycles. The zero-order valence-electron chi connectivity index (χ0n) is 24.1. The third-order valence-corrected chi connectivity index (χ3v) is 8.25. The van der Waals surface area contributed by atoms with Gasteiger partial charge in [-0.1, -0.05) is 18.2 Å². The Morgan fingerprint density at radius 1 is 1.07 bits per heavy atom. The van der Waals surface area contributed by atoms with Crippen molar-refractivity contribution < 1.29 is 18.5 Å². The molecule has 0 radical (unpaired) electrons. The molecule has 1 atom stereocenters. The van der Waals surface area contributed by atoms with Crippen LogP contribution in [0.2, 0.25) is 0 Å². The van der Waals surface area contributed by atoms with E-state index in [1.807, 2.05) is 37.3 Å². The molecule has 1 fully saturated rings. The van der Waals surface area contributed by atoms with E-state index < -0.39 is 15.8 Å². The molecule has 11 nitrogen and oxygen atoms in total. The predicted octanol–water partition coefficient (Wildman–Crippen LogP) is 4.56. The molecule has 1 aliphatic heterocycles. The fourth-order valence-electron chi connectivity index (χ4n) is 4.37. The Labute approximate surface area is 242 Å². The van der Waals surface area contributed by atoms with Crippen LogP contribution in [0.5, 0.6) is 5.75 Å². The van der Waals surface area contributed by atoms with Gasteiger partial charge in [-0.3, -0.25) is 4.90 Å². The molecule has 3 aromatic rings. The highest BCUT2D eigenvalue weighted by atomic mass is 32.2. The van der Waals surface area contributed by atoms with E-state index >= 15 is 0 Å². The van der Waals surface area contributed by atoms with Crippen LogP contribution in [0.1, 0.15) is 13.8 Å². The summed E-state index contributed by atoms with van der Waals surface area (Å²) in [6.45, 7) is 10.2. The Hall–Kier alpha value is -3.74. The maximum atomic E-state index is 13.1. The van der Waals surface area contributed by atoms with E-state index in [4.69, 9.17) is 14.5 Å². The molecular formula is C29H39N7O4S. The Balaban J connectivity index is 1.56. The Bertz CT molecular complexity index is 1430. The van der Waals surface area contributed by atoms with Crippen molar-refractivity contribution in [2.45, 2.75) is 18.7 Å². The van der Waals surface area contributed by atoms with Crippen LogP contribution in [0.4, 0.5) is 22.2 Å². The molecule has 2 aromatic carbocycles. The second-order valence-corrected chi connectivity index (χ2v) is 12.0. The summed E-state index contributed by atoms with van der Waals surface area (Å²) in [5.74, 6) is 1.89. The first-order chi connectivity index (χ1) is 19.8. The number of hydrogen-bond donors (Lipinski definition) is 2. The molecule has 0 spiro atoms. The van der Waals surface area contributed by atoms with Gasteiger partial charge in [-0.25, -0.2) is 14.0 Å². The highest BCUT2D eigenvalue weighted by Gasteiger charge is 2.16. The van der Waals surface area contributed by atoms with Crippen molar-refractivity contribution in [3.63, 3.8) is 0 Å². The van der Waals surface area contributed by atoms with Gasteiger partial charge in [0, 0.05) is 67.9 Å². The van der Waals surface area contributed by atoms with Gasteiger partial charge in [0.15, 0.2) is 0 Å². The van der Waals surface area contributed by atoms with Gasteiger partial charge in [0.05, 0.1) is 22.9 Å². The van der Waals surface area contributed by atoms with E-state index in [1.165, 1.54) is 6.26 Å². The normalized spacial score (nSPS) is 15.5. The van der Waals surface area contributed by atoms with Crippen molar-refractivity contribution in [1.82, 2.24) is 19.8 Å². The number of piperazine rings is 1.